The zero-order chi connectivity index (χ0) is 17.6. The number of carbonyl (C=O) groups is 1. The summed E-state index contributed by atoms with van der Waals surface area (Å²) in [5.74, 6) is -0.325. The van der Waals surface area contributed by atoms with E-state index in [2.05, 4.69) is 26.0 Å². The first-order valence-electron chi connectivity index (χ1n) is 9.03. The first-order chi connectivity index (χ1) is 12.0. The highest BCUT2D eigenvalue weighted by atomic mass is 16.7. The number of furan rings is 1. The maximum Gasteiger partial charge on any atom is 0.227 e. The molecule has 2 aliphatic rings. The van der Waals surface area contributed by atoms with Crippen molar-refractivity contribution in [2.75, 3.05) is 19.7 Å². The van der Waals surface area contributed by atoms with Crippen molar-refractivity contribution in [2.45, 2.75) is 51.9 Å². The average Bonchev–Trinajstić information content (AvgIpc) is 3.16. The maximum absolute atomic E-state index is 12.7. The Kier molecular flexibility index (Phi) is 4.08. The fraction of sp³-hybridized carbons (Fsp3) is 0.550. The van der Waals surface area contributed by atoms with Gasteiger partial charge in [-0.15, -0.1) is 0 Å². The van der Waals surface area contributed by atoms with Gasteiger partial charge in [-0.25, -0.2) is 0 Å². The van der Waals surface area contributed by atoms with Crippen molar-refractivity contribution < 1.29 is 18.7 Å². The van der Waals surface area contributed by atoms with Gasteiger partial charge in [0.1, 0.15) is 5.58 Å². The van der Waals surface area contributed by atoms with Gasteiger partial charge in [-0.1, -0.05) is 12.1 Å². The molecule has 0 saturated carbocycles. The van der Waals surface area contributed by atoms with Crippen LogP contribution in [0.2, 0.25) is 0 Å². The van der Waals surface area contributed by atoms with E-state index in [1.807, 2.05) is 11.8 Å². The summed E-state index contributed by atoms with van der Waals surface area (Å²) in [7, 11) is 0. The molecule has 2 saturated heterocycles. The molecule has 3 heterocycles. The largest absolute Gasteiger partial charge is 0.464 e. The summed E-state index contributed by atoms with van der Waals surface area (Å²) in [5.41, 5.74) is 4.19. The lowest BCUT2D eigenvalue weighted by molar-refractivity contribution is -0.194. The van der Waals surface area contributed by atoms with Gasteiger partial charge in [0, 0.05) is 36.9 Å². The summed E-state index contributed by atoms with van der Waals surface area (Å²) in [6.45, 7) is 8.16. The number of fused-ring (bicyclic) bond motifs is 1. The van der Waals surface area contributed by atoms with E-state index in [0.717, 1.165) is 34.9 Å². The van der Waals surface area contributed by atoms with Crippen LogP contribution in [0.15, 0.2) is 22.8 Å². The first kappa shape index (κ1) is 16.6. The topological polar surface area (TPSA) is 51.9 Å². The third-order valence-corrected chi connectivity index (χ3v) is 5.56. The van der Waals surface area contributed by atoms with E-state index in [-0.39, 0.29) is 12.0 Å². The van der Waals surface area contributed by atoms with Crippen LogP contribution in [0.3, 0.4) is 0 Å². The van der Waals surface area contributed by atoms with Gasteiger partial charge in [0.05, 0.1) is 25.4 Å². The molecule has 0 radical (unpaired) electrons. The van der Waals surface area contributed by atoms with Crippen LogP contribution in [-0.2, 0) is 20.7 Å². The monoisotopic (exact) mass is 343 g/mol. The van der Waals surface area contributed by atoms with Gasteiger partial charge in [0.15, 0.2) is 5.79 Å². The van der Waals surface area contributed by atoms with E-state index in [0.29, 0.717) is 26.1 Å². The van der Waals surface area contributed by atoms with Crippen LogP contribution < -0.4 is 0 Å². The van der Waals surface area contributed by atoms with Crippen LogP contribution in [-0.4, -0.2) is 42.4 Å². The lowest BCUT2D eigenvalue weighted by Crippen LogP contribution is -2.47. The number of ether oxygens (including phenoxy) is 2. The Hall–Kier alpha value is -1.85. The summed E-state index contributed by atoms with van der Waals surface area (Å²) in [4.78, 5) is 14.6. The molecule has 4 rings (SSSR count). The number of aryl methyl sites for hydroxylation is 2. The summed E-state index contributed by atoms with van der Waals surface area (Å²) in [5, 5.41) is 1.04. The molecule has 1 aromatic carbocycles. The van der Waals surface area contributed by atoms with E-state index in [1.54, 1.807) is 6.26 Å². The zero-order valence-corrected chi connectivity index (χ0v) is 15.1. The molecule has 0 bridgehead atoms. The number of hydrogen-bond donors (Lipinski definition) is 0. The SMILES string of the molecule is Cc1ccc2c(CC(=O)N3CCC4(CC3)OC[C@@H](C)O4)coc2c1C. The van der Waals surface area contributed by atoms with E-state index < -0.39 is 5.79 Å². The quantitative estimate of drug-likeness (QED) is 0.839. The molecule has 1 aromatic heterocycles. The molecule has 2 aliphatic heterocycles. The lowest BCUT2D eigenvalue weighted by Gasteiger charge is -2.37. The van der Waals surface area contributed by atoms with Crippen molar-refractivity contribution in [3.05, 3.63) is 35.1 Å². The van der Waals surface area contributed by atoms with Crippen molar-refractivity contribution in [3.8, 4) is 0 Å². The van der Waals surface area contributed by atoms with Crippen LogP contribution in [0.4, 0.5) is 0 Å². The fourth-order valence-corrected chi connectivity index (χ4v) is 3.86. The van der Waals surface area contributed by atoms with Gasteiger partial charge < -0.3 is 18.8 Å². The number of amides is 1. The molecule has 0 unspecified atom stereocenters. The summed E-state index contributed by atoms with van der Waals surface area (Å²) < 4.78 is 17.5. The van der Waals surface area contributed by atoms with E-state index in [4.69, 9.17) is 13.9 Å². The molecule has 0 aliphatic carbocycles. The Labute approximate surface area is 147 Å². The van der Waals surface area contributed by atoms with Gasteiger partial charge in [-0.3, -0.25) is 4.79 Å². The number of hydrogen-bond acceptors (Lipinski definition) is 4. The van der Waals surface area contributed by atoms with Crippen molar-refractivity contribution in [1.82, 2.24) is 4.90 Å². The molecule has 1 spiro atoms. The Bertz CT molecular complexity index is 801. The molecule has 2 fully saturated rings. The van der Waals surface area contributed by atoms with Gasteiger partial charge in [-0.05, 0) is 31.9 Å². The standard InChI is InChI=1S/C20H25NO4/c1-13-4-5-17-16(12-23-19(17)15(13)3)10-18(22)21-8-6-20(7-9-21)24-11-14(2)25-20/h4-5,12,14H,6-11H2,1-3H3/t14-/m1/s1. The summed E-state index contributed by atoms with van der Waals surface area (Å²) >= 11 is 0. The zero-order valence-electron chi connectivity index (χ0n) is 15.1. The van der Waals surface area contributed by atoms with Crippen LogP contribution >= 0.6 is 0 Å². The third kappa shape index (κ3) is 2.96. The maximum atomic E-state index is 12.7. The minimum Gasteiger partial charge on any atom is -0.464 e. The van der Waals surface area contributed by atoms with Gasteiger partial charge in [-0.2, -0.15) is 0 Å². The number of likely N-dealkylation sites (tertiary alicyclic amines) is 1. The first-order valence-corrected chi connectivity index (χ1v) is 9.03. The molecular formula is C20H25NO4. The summed E-state index contributed by atoms with van der Waals surface area (Å²) in [6, 6.07) is 4.14. The minimum atomic E-state index is -0.465. The number of piperidine rings is 1. The van der Waals surface area contributed by atoms with Crippen molar-refractivity contribution in [3.63, 3.8) is 0 Å². The molecule has 5 heteroatoms. The molecule has 2 aromatic rings. The molecule has 5 nitrogen and oxygen atoms in total. The number of carbonyl (C=O) groups excluding carboxylic acids is 1. The third-order valence-electron chi connectivity index (χ3n) is 5.56. The van der Waals surface area contributed by atoms with Crippen LogP contribution in [0.25, 0.3) is 11.0 Å². The lowest BCUT2D eigenvalue weighted by atomic mass is 10.0. The second kappa shape index (κ2) is 6.15. The molecule has 134 valence electrons. The second-order valence-corrected chi connectivity index (χ2v) is 7.35. The van der Waals surface area contributed by atoms with Crippen molar-refractivity contribution >= 4 is 16.9 Å². The number of nitrogens with zero attached hydrogens (tertiary/aromatic N) is 1. The Morgan fingerprint density at radius 1 is 1.28 bits per heavy atom. The van der Waals surface area contributed by atoms with Crippen LogP contribution in [0.1, 0.15) is 36.5 Å². The molecular weight excluding hydrogens is 318 g/mol. The smallest absolute Gasteiger partial charge is 0.227 e. The van der Waals surface area contributed by atoms with Crippen LogP contribution in [0.5, 0.6) is 0 Å². The van der Waals surface area contributed by atoms with Gasteiger partial charge in [0.2, 0.25) is 5.91 Å². The van der Waals surface area contributed by atoms with Gasteiger partial charge >= 0.3 is 0 Å². The predicted octanol–water partition coefficient (Wildman–Crippen LogP) is 3.35. The Morgan fingerprint density at radius 2 is 2.04 bits per heavy atom. The van der Waals surface area contributed by atoms with Crippen molar-refractivity contribution in [2.24, 2.45) is 0 Å². The number of benzene rings is 1. The molecule has 1 amide bonds. The minimum absolute atomic E-state index is 0.141. The van der Waals surface area contributed by atoms with Crippen LogP contribution in [0, 0.1) is 13.8 Å². The van der Waals surface area contributed by atoms with Gasteiger partial charge in [0.25, 0.3) is 0 Å². The normalized spacial score (nSPS) is 22.8. The molecule has 25 heavy (non-hydrogen) atoms. The van der Waals surface area contributed by atoms with Crippen molar-refractivity contribution in [1.29, 1.82) is 0 Å². The molecule has 1 atom stereocenters. The Morgan fingerprint density at radius 3 is 2.72 bits per heavy atom. The highest BCUT2D eigenvalue weighted by molar-refractivity contribution is 5.89. The molecule has 0 N–H and O–H groups in total. The van der Waals surface area contributed by atoms with E-state index in [9.17, 15) is 4.79 Å². The predicted molar refractivity (Wildman–Crippen MR) is 94.4 cm³/mol. The second-order valence-electron chi connectivity index (χ2n) is 7.35. The van der Waals surface area contributed by atoms with E-state index in [1.165, 1.54) is 5.56 Å². The van der Waals surface area contributed by atoms with E-state index >= 15 is 0 Å². The number of rotatable bonds is 2. The summed E-state index contributed by atoms with van der Waals surface area (Å²) in [6.07, 6.45) is 3.73. The average molecular weight is 343 g/mol. The Balaban J connectivity index is 1.44. The highest BCUT2D eigenvalue weighted by Gasteiger charge is 2.43. The highest BCUT2D eigenvalue weighted by Crippen LogP contribution is 2.34. The fourth-order valence-electron chi connectivity index (χ4n) is 3.86.